The number of hydrogen-bond donors (Lipinski definition) is 2. The van der Waals surface area contributed by atoms with Gasteiger partial charge in [-0.1, -0.05) is 26.8 Å². The molecule has 0 bridgehead atoms. The summed E-state index contributed by atoms with van der Waals surface area (Å²) in [7, 11) is 0. The second kappa shape index (κ2) is 7.54. The van der Waals surface area contributed by atoms with Gasteiger partial charge in [-0.25, -0.2) is 0 Å². The molecule has 2 atom stereocenters. The Morgan fingerprint density at radius 3 is 2.67 bits per heavy atom. The van der Waals surface area contributed by atoms with Crippen molar-refractivity contribution in [2.24, 2.45) is 17.6 Å². The van der Waals surface area contributed by atoms with Crippen LogP contribution in [0.4, 0.5) is 0 Å². The summed E-state index contributed by atoms with van der Waals surface area (Å²) in [6.45, 7) is 6.74. The highest BCUT2D eigenvalue weighted by molar-refractivity contribution is 7.10. The molecule has 4 heteroatoms. The van der Waals surface area contributed by atoms with Crippen molar-refractivity contribution in [3.05, 3.63) is 22.4 Å². The van der Waals surface area contributed by atoms with Gasteiger partial charge in [-0.2, -0.15) is 0 Å². The van der Waals surface area contributed by atoms with E-state index < -0.39 is 0 Å². The van der Waals surface area contributed by atoms with Gasteiger partial charge in [0, 0.05) is 11.4 Å². The third kappa shape index (κ3) is 4.42. The molecule has 0 spiro atoms. The van der Waals surface area contributed by atoms with Gasteiger partial charge >= 0.3 is 0 Å². The van der Waals surface area contributed by atoms with E-state index in [1.54, 1.807) is 11.3 Å². The van der Waals surface area contributed by atoms with Gasteiger partial charge in [0.2, 0.25) is 5.91 Å². The maximum absolute atomic E-state index is 12.2. The molecule has 0 radical (unpaired) electrons. The lowest BCUT2D eigenvalue weighted by molar-refractivity contribution is -0.126. The van der Waals surface area contributed by atoms with E-state index in [-0.39, 0.29) is 17.9 Å². The first kappa shape index (κ1) is 15.2. The molecule has 1 aromatic rings. The molecule has 102 valence electrons. The van der Waals surface area contributed by atoms with Crippen LogP contribution in [0, 0.1) is 11.8 Å². The van der Waals surface area contributed by atoms with Crippen LogP contribution in [0.3, 0.4) is 0 Å². The Labute approximate surface area is 114 Å². The highest BCUT2D eigenvalue weighted by Gasteiger charge is 2.21. The molecular weight excluding hydrogens is 244 g/mol. The largest absolute Gasteiger partial charge is 0.348 e. The van der Waals surface area contributed by atoms with Crippen molar-refractivity contribution in [3.8, 4) is 0 Å². The predicted octanol–water partition coefficient (Wildman–Crippen LogP) is 2.94. The molecule has 1 amide bonds. The number of carbonyl (C=O) groups excluding carboxylic acids is 1. The van der Waals surface area contributed by atoms with Crippen LogP contribution in [0.5, 0.6) is 0 Å². The first-order valence-corrected chi connectivity index (χ1v) is 7.50. The first-order chi connectivity index (χ1) is 8.58. The lowest BCUT2D eigenvalue weighted by Crippen LogP contribution is -2.37. The second-order valence-electron chi connectivity index (χ2n) is 5.05. The normalized spacial score (nSPS) is 14.5. The second-order valence-corrected chi connectivity index (χ2v) is 6.03. The maximum atomic E-state index is 12.2. The lowest BCUT2D eigenvalue weighted by Gasteiger charge is -2.21. The summed E-state index contributed by atoms with van der Waals surface area (Å²) in [5.74, 6) is 0.511. The third-order valence-electron chi connectivity index (χ3n) is 3.02. The number of amides is 1. The standard InChI is InChI=1S/C14H24N2OS/c1-4-12(13-6-5-7-18-13)16-14(17)11(9-15)8-10(2)3/h5-7,10-12H,4,8-9,15H2,1-3H3,(H,16,17). The molecule has 1 rings (SSSR count). The fourth-order valence-corrected chi connectivity index (χ4v) is 2.89. The summed E-state index contributed by atoms with van der Waals surface area (Å²) in [5.41, 5.74) is 5.70. The third-order valence-corrected chi connectivity index (χ3v) is 4.01. The van der Waals surface area contributed by atoms with E-state index in [0.29, 0.717) is 12.5 Å². The lowest BCUT2D eigenvalue weighted by atomic mass is 9.96. The molecule has 0 aliphatic rings. The van der Waals surface area contributed by atoms with E-state index >= 15 is 0 Å². The van der Waals surface area contributed by atoms with Gasteiger partial charge in [-0.15, -0.1) is 11.3 Å². The van der Waals surface area contributed by atoms with Gasteiger partial charge in [-0.05, 0) is 30.2 Å². The van der Waals surface area contributed by atoms with E-state index in [4.69, 9.17) is 5.73 Å². The number of thiophene rings is 1. The first-order valence-electron chi connectivity index (χ1n) is 6.62. The minimum Gasteiger partial charge on any atom is -0.348 e. The smallest absolute Gasteiger partial charge is 0.224 e. The zero-order valence-electron chi connectivity index (χ0n) is 11.5. The Kier molecular flexibility index (Phi) is 6.36. The van der Waals surface area contributed by atoms with Crippen molar-refractivity contribution >= 4 is 17.2 Å². The molecule has 0 saturated carbocycles. The van der Waals surface area contributed by atoms with Crippen molar-refractivity contribution < 1.29 is 4.79 Å². The number of hydrogen-bond acceptors (Lipinski definition) is 3. The van der Waals surface area contributed by atoms with Crippen molar-refractivity contribution in [2.75, 3.05) is 6.54 Å². The Hall–Kier alpha value is -0.870. The highest BCUT2D eigenvalue weighted by atomic mass is 32.1. The summed E-state index contributed by atoms with van der Waals surface area (Å²) in [6, 6.07) is 4.21. The maximum Gasteiger partial charge on any atom is 0.224 e. The molecule has 0 aliphatic heterocycles. The van der Waals surface area contributed by atoms with Gasteiger partial charge in [0.1, 0.15) is 0 Å². The van der Waals surface area contributed by atoms with E-state index in [1.165, 1.54) is 4.88 Å². The van der Waals surface area contributed by atoms with Crippen molar-refractivity contribution in [2.45, 2.75) is 39.7 Å². The van der Waals surface area contributed by atoms with Crippen molar-refractivity contribution in [1.29, 1.82) is 0 Å². The van der Waals surface area contributed by atoms with Gasteiger partial charge in [0.15, 0.2) is 0 Å². The van der Waals surface area contributed by atoms with Crippen LogP contribution in [0.25, 0.3) is 0 Å². The molecule has 0 saturated heterocycles. The summed E-state index contributed by atoms with van der Waals surface area (Å²) in [4.78, 5) is 13.4. The zero-order valence-corrected chi connectivity index (χ0v) is 12.3. The predicted molar refractivity (Wildman–Crippen MR) is 77.5 cm³/mol. The van der Waals surface area contributed by atoms with Crippen LogP contribution < -0.4 is 11.1 Å². The number of nitrogens with two attached hydrogens (primary N) is 1. The van der Waals surface area contributed by atoms with Gasteiger partial charge in [0.25, 0.3) is 0 Å². The quantitative estimate of drug-likeness (QED) is 0.799. The zero-order chi connectivity index (χ0) is 13.5. The van der Waals surface area contributed by atoms with Crippen LogP contribution in [-0.4, -0.2) is 12.5 Å². The van der Waals surface area contributed by atoms with Crippen molar-refractivity contribution in [3.63, 3.8) is 0 Å². The Balaban J connectivity index is 2.61. The van der Waals surface area contributed by atoms with Crippen LogP contribution >= 0.6 is 11.3 Å². The number of carbonyl (C=O) groups is 1. The summed E-state index contributed by atoms with van der Waals surface area (Å²) in [6.07, 6.45) is 1.76. The summed E-state index contributed by atoms with van der Waals surface area (Å²) >= 11 is 1.68. The van der Waals surface area contributed by atoms with E-state index in [0.717, 1.165) is 12.8 Å². The van der Waals surface area contributed by atoms with Crippen LogP contribution in [0.2, 0.25) is 0 Å². The van der Waals surface area contributed by atoms with Crippen LogP contribution in [0.1, 0.15) is 44.5 Å². The van der Waals surface area contributed by atoms with Crippen LogP contribution in [-0.2, 0) is 4.79 Å². The average Bonchev–Trinajstić information content (AvgIpc) is 2.85. The molecule has 3 nitrogen and oxygen atoms in total. The topological polar surface area (TPSA) is 55.1 Å². The molecule has 1 heterocycles. The molecule has 18 heavy (non-hydrogen) atoms. The highest BCUT2D eigenvalue weighted by Crippen LogP contribution is 2.22. The Morgan fingerprint density at radius 1 is 1.50 bits per heavy atom. The molecule has 1 aromatic heterocycles. The molecule has 2 unspecified atom stereocenters. The molecule has 0 aromatic carbocycles. The van der Waals surface area contributed by atoms with Crippen molar-refractivity contribution in [1.82, 2.24) is 5.32 Å². The number of rotatable bonds is 7. The molecular formula is C14H24N2OS. The van der Waals surface area contributed by atoms with Gasteiger partial charge in [0.05, 0.1) is 12.0 Å². The minimum absolute atomic E-state index is 0.0704. The minimum atomic E-state index is -0.0704. The molecule has 3 N–H and O–H groups in total. The molecule has 0 fully saturated rings. The Bertz CT molecular complexity index is 349. The monoisotopic (exact) mass is 268 g/mol. The van der Waals surface area contributed by atoms with Gasteiger partial charge < -0.3 is 11.1 Å². The number of nitrogens with one attached hydrogen (secondary N) is 1. The Morgan fingerprint density at radius 2 is 2.22 bits per heavy atom. The summed E-state index contributed by atoms with van der Waals surface area (Å²) < 4.78 is 0. The van der Waals surface area contributed by atoms with E-state index in [9.17, 15) is 4.79 Å². The average molecular weight is 268 g/mol. The van der Waals surface area contributed by atoms with Crippen LogP contribution in [0.15, 0.2) is 17.5 Å². The van der Waals surface area contributed by atoms with Gasteiger partial charge in [-0.3, -0.25) is 4.79 Å². The molecule has 0 aliphatic carbocycles. The fraction of sp³-hybridized carbons (Fsp3) is 0.643. The van der Waals surface area contributed by atoms with E-state index in [1.807, 2.05) is 11.4 Å². The van der Waals surface area contributed by atoms with E-state index in [2.05, 4.69) is 32.2 Å². The summed E-state index contributed by atoms with van der Waals surface area (Å²) in [5, 5.41) is 5.16. The fourth-order valence-electron chi connectivity index (χ4n) is 2.03. The SMILES string of the molecule is CCC(NC(=O)C(CN)CC(C)C)c1cccs1.